The largest absolute Gasteiger partial charge is 0.298 e. The maximum Gasteiger partial charge on any atom is 0.147 e. The van der Waals surface area contributed by atoms with Crippen molar-refractivity contribution in [2.24, 2.45) is 11.8 Å². The molecule has 2 atom stereocenters. The SMILES string of the molecule is [2H][C@]1(CCC)C(=O)[C@]([2H])(CCC)C(CCC)=C1CCC. The molecule has 0 aliphatic heterocycles. The number of allylic oxidation sites excluding steroid dienone is 2. The van der Waals surface area contributed by atoms with E-state index >= 15 is 0 Å². The molecule has 18 heavy (non-hydrogen) atoms. The van der Waals surface area contributed by atoms with Gasteiger partial charge in [-0.1, -0.05) is 64.5 Å². The lowest BCUT2D eigenvalue weighted by Gasteiger charge is -2.12. The van der Waals surface area contributed by atoms with Gasteiger partial charge in [0, 0.05) is 14.5 Å². The molecule has 0 heterocycles. The monoisotopic (exact) mass is 252 g/mol. The number of rotatable bonds is 8. The Kier molecular flexibility index (Phi) is 5.36. The summed E-state index contributed by atoms with van der Waals surface area (Å²) in [7, 11) is 0. The van der Waals surface area contributed by atoms with Gasteiger partial charge in [-0.3, -0.25) is 4.79 Å². The topological polar surface area (TPSA) is 17.1 Å². The van der Waals surface area contributed by atoms with Crippen LogP contribution in [0.1, 0.15) is 81.8 Å². The Bertz CT molecular complexity index is 354. The highest BCUT2D eigenvalue weighted by Crippen LogP contribution is 2.42. The minimum atomic E-state index is -1.12. The Morgan fingerprint density at radius 2 is 1.22 bits per heavy atom. The third kappa shape index (κ3) is 3.24. The number of hydrogen-bond donors (Lipinski definition) is 0. The fourth-order valence-electron chi connectivity index (χ4n) is 2.95. The standard InChI is InChI=1S/C17H30O/c1-5-9-13-14(10-6-2)16(12-8-4)17(18)15(13)11-7-3/h15-16H,5-12H2,1-4H3/t15-,16-/m1/s1/i15D,16D. The molecular weight excluding hydrogens is 220 g/mol. The summed E-state index contributed by atoms with van der Waals surface area (Å²) in [6, 6.07) is 0. The maximum atomic E-state index is 12.9. The van der Waals surface area contributed by atoms with Crippen molar-refractivity contribution in [1.29, 1.82) is 0 Å². The highest BCUT2D eigenvalue weighted by molar-refractivity contribution is 5.92. The van der Waals surface area contributed by atoms with Gasteiger partial charge in [-0.2, -0.15) is 0 Å². The first-order valence-electron chi connectivity index (χ1n) is 8.70. The van der Waals surface area contributed by atoms with Crippen molar-refractivity contribution in [3.63, 3.8) is 0 Å². The highest BCUT2D eigenvalue weighted by atomic mass is 16.1. The summed E-state index contributed by atoms with van der Waals surface area (Å²) in [5.41, 5.74) is 1.97. The minimum Gasteiger partial charge on any atom is -0.298 e. The van der Waals surface area contributed by atoms with Gasteiger partial charge >= 0.3 is 0 Å². The molecule has 0 N–H and O–H groups in total. The van der Waals surface area contributed by atoms with Crippen LogP contribution in [0.15, 0.2) is 11.1 Å². The Hall–Kier alpha value is -0.590. The normalized spacial score (nSPS) is 33.9. The summed E-state index contributed by atoms with van der Waals surface area (Å²) in [6.45, 7) is 8.24. The van der Waals surface area contributed by atoms with E-state index in [9.17, 15) is 4.79 Å². The molecule has 0 fully saturated rings. The lowest BCUT2D eigenvalue weighted by atomic mass is 9.90. The quantitative estimate of drug-likeness (QED) is 0.536. The van der Waals surface area contributed by atoms with Crippen LogP contribution in [0.25, 0.3) is 0 Å². The zero-order chi connectivity index (χ0) is 15.4. The van der Waals surface area contributed by atoms with E-state index in [0.717, 1.165) is 49.7 Å². The van der Waals surface area contributed by atoms with Crippen LogP contribution in [0.5, 0.6) is 0 Å². The smallest absolute Gasteiger partial charge is 0.147 e. The lowest BCUT2D eigenvalue weighted by molar-refractivity contribution is -0.123. The van der Waals surface area contributed by atoms with Gasteiger partial charge in [-0.15, -0.1) is 0 Å². The second kappa shape index (κ2) is 7.76. The van der Waals surface area contributed by atoms with Crippen molar-refractivity contribution in [3.8, 4) is 0 Å². The fourth-order valence-corrected chi connectivity index (χ4v) is 2.95. The van der Waals surface area contributed by atoms with E-state index in [2.05, 4.69) is 13.8 Å². The van der Waals surface area contributed by atoms with Crippen molar-refractivity contribution in [3.05, 3.63) is 11.1 Å². The van der Waals surface area contributed by atoms with Crippen molar-refractivity contribution in [1.82, 2.24) is 0 Å². The molecule has 0 radical (unpaired) electrons. The van der Waals surface area contributed by atoms with Gasteiger partial charge in [0.2, 0.25) is 0 Å². The average molecular weight is 252 g/mol. The molecule has 0 saturated heterocycles. The predicted octanol–water partition coefficient (Wildman–Crippen LogP) is 5.30. The summed E-state index contributed by atoms with van der Waals surface area (Å²) < 4.78 is 17.5. The molecular formula is C17H30O. The molecule has 0 spiro atoms. The zero-order valence-corrected chi connectivity index (χ0v) is 12.6. The third-order valence-electron chi connectivity index (χ3n) is 3.64. The van der Waals surface area contributed by atoms with Crippen LogP contribution in [0.3, 0.4) is 0 Å². The third-order valence-corrected chi connectivity index (χ3v) is 3.64. The van der Waals surface area contributed by atoms with Crippen LogP contribution >= 0.6 is 0 Å². The molecule has 0 aromatic carbocycles. The van der Waals surface area contributed by atoms with Gasteiger partial charge in [0.1, 0.15) is 5.78 Å². The summed E-state index contributed by atoms with van der Waals surface area (Å²) in [5, 5.41) is 0. The van der Waals surface area contributed by atoms with Gasteiger partial charge in [-0.25, -0.2) is 0 Å². The molecule has 0 aromatic rings. The van der Waals surface area contributed by atoms with E-state index in [1.807, 2.05) is 13.8 Å². The van der Waals surface area contributed by atoms with E-state index < -0.39 is 11.8 Å². The van der Waals surface area contributed by atoms with Crippen LogP contribution in [-0.2, 0) is 4.79 Å². The number of hydrogen-bond acceptors (Lipinski definition) is 1. The van der Waals surface area contributed by atoms with Crippen LogP contribution in [0.2, 0.25) is 0 Å². The van der Waals surface area contributed by atoms with Crippen molar-refractivity contribution in [2.75, 3.05) is 0 Å². The zero-order valence-electron chi connectivity index (χ0n) is 14.6. The van der Waals surface area contributed by atoms with E-state index in [1.165, 1.54) is 0 Å². The molecule has 0 unspecified atom stereocenters. The first-order chi connectivity index (χ1) is 9.42. The number of carbonyl (C=O) groups is 1. The predicted molar refractivity (Wildman–Crippen MR) is 78.6 cm³/mol. The average Bonchev–Trinajstić information content (AvgIpc) is 2.54. The summed E-state index contributed by atoms with van der Waals surface area (Å²) in [4.78, 5) is 12.9. The Morgan fingerprint density at radius 1 is 0.833 bits per heavy atom. The molecule has 1 aliphatic rings. The maximum absolute atomic E-state index is 12.9. The Balaban J connectivity index is 3.38. The van der Waals surface area contributed by atoms with E-state index in [0.29, 0.717) is 12.8 Å². The molecule has 1 nitrogen and oxygen atoms in total. The van der Waals surface area contributed by atoms with Crippen molar-refractivity contribution in [2.45, 2.75) is 79.1 Å². The van der Waals surface area contributed by atoms with Crippen LogP contribution in [0, 0.1) is 11.8 Å². The molecule has 0 aromatic heterocycles. The second-order valence-corrected chi connectivity index (χ2v) is 5.24. The summed E-state index contributed by atoms with van der Waals surface area (Å²) >= 11 is 0. The van der Waals surface area contributed by atoms with Gasteiger partial charge in [-0.05, 0) is 25.7 Å². The van der Waals surface area contributed by atoms with Crippen molar-refractivity contribution >= 4 is 5.78 Å². The summed E-state index contributed by atoms with van der Waals surface area (Å²) in [6.07, 6.45) is 6.28. The Morgan fingerprint density at radius 3 is 1.50 bits per heavy atom. The number of Topliss-reactive ketones (excluding diaryl/α,β-unsaturated/α-hetero) is 1. The van der Waals surface area contributed by atoms with Gasteiger partial charge in [0.15, 0.2) is 0 Å². The second-order valence-electron chi connectivity index (χ2n) is 5.24. The first-order valence-corrected chi connectivity index (χ1v) is 7.70. The van der Waals surface area contributed by atoms with Crippen molar-refractivity contribution < 1.29 is 7.54 Å². The molecule has 0 saturated carbocycles. The van der Waals surface area contributed by atoms with Gasteiger partial charge in [0.05, 0.1) is 0 Å². The number of carbonyl (C=O) groups excluding carboxylic acids is 1. The van der Waals surface area contributed by atoms with Crippen LogP contribution in [-0.4, -0.2) is 5.78 Å². The molecule has 104 valence electrons. The molecule has 0 amide bonds. The molecule has 0 bridgehead atoms. The van der Waals surface area contributed by atoms with E-state index in [4.69, 9.17) is 2.74 Å². The first kappa shape index (κ1) is 12.4. The van der Waals surface area contributed by atoms with Gasteiger partial charge < -0.3 is 0 Å². The lowest BCUT2D eigenvalue weighted by Crippen LogP contribution is -2.17. The van der Waals surface area contributed by atoms with Crippen LogP contribution < -0.4 is 0 Å². The van der Waals surface area contributed by atoms with E-state index in [1.54, 1.807) is 0 Å². The number of ketones is 1. The molecule has 1 aliphatic carbocycles. The van der Waals surface area contributed by atoms with E-state index in [-0.39, 0.29) is 5.78 Å². The minimum absolute atomic E-state index is 0.152. The molecule has 1 rings (SSSR count). The molecule has 1 heteroatoms. The van der Waals surface area contributed by atoms with Crippen LogP contribution in [0.4, 0.5) is 0 Å². The summed E-state index contributed by atoms with van der Waals surface area (Å²) in [5.74, 6) is -2.39. The fraction of sp³-hybridized carbons (Fsp3) is 0.824. The Labute approximate surface area is 116 Å². The van der Waals surface area contributed by atoms with Gasteiger partial charge in [0.25, 0.3) is 0 Å². The highest BCUT2D eigenvalue weighted by Gasteiger charge is 2.38.